The van der Waals surface area contributed by atoms with Crippen molar-refractivity contribution in [2.45, 2.75) is 38.7 Å². The summed E-state index contributed by atoms with van der Waals surface area (Å²) in [5.41, 5.74) is 1.82. The molecular formula is C18H23N3O2S. The Morgan fingerprint density at radius 1 is 1.38 bits per heavy atom. The molecule has 1 aliphatic heterocycles. The molecule has 1 saturated heterocycles. The number of anilines is 2. The average Bonchev–Trinajstić information content (AvgIpc) is 3.05. The van der Waals surface area contributed by atoms with Crippen LogP contribution in [0.3, 0.4) is 0 Å². The Hall–Kier alpha value is -1.92. The van der Waals surface area contributed by atoms with Crippen molar-refractivity contribution in [2.75, 3.05) is 23.3 Å². The number of hydrogen-bond acceptors (Lipinski definition) is 5. The summed E-state index contributed by atoms with van der Waals surface area (Å²) in [7, 11) is 0. The molecule has 2 heterocycles. The molecule has 3 rings (SSSR count). The lowest BCUT2D eigenvalue weighted by molar-refractivity contribution is 0.103. The van der Waals surface area contributed by atoms with E-state index < -0.39 is 0 Å². The molecule has 0 atom stereocenters. The summed E-state index contributed by atoms with van der Waals surface area (Å²) in [6, 6.07) is 7.84. The maximum Gasteiger partial charge on any atom is 0.267 e. The van der Waals surface area contributed by atoms with E-state index >= 15 is 0 Å². The number of hydrogen-bond donors (Lipinski definition) is 2. The number of aryl methyl sites for hydroxylation is 1. The van der Waals surface area contributed by atoms with E-state index in [2.05, 4.69) is 22.1 Å². The number of aromatic nitrogens is 1. The summed E-state index contributed by atoms with van der Waals surface area (Å²) in [5, 5.41) is 13.7. The summed E-state index contributed by atoms with van der Waals surface area (Å²) >= 11 is 1.46. The highest BCUT2D eigenvalue weighted by Crippen LogP contribution is 2.29. The number of rotatable bonds is 5. The first-order valence-corrected chi connectivity index (χ1v) is 9.27. The molecule has 0 aliphatic carbocycles. The average molecular weight is 345 g/mol. The summed E-state index contributed by atoms with van der Waals surface area (Å²) in [6.45, 7) is 3.71. The smallest absolute Gasteiger partial charge is 0.267 e. The van der Waals surface area contributed by atoms with Gasteiger partial charge in [-0.1, -0.05) is 19.1 Å². The van der Waals surface area contributed by atoms with Gasteiger partial charge >= 0.3 is 0 Å². The van der Waals surface area contributed by atoms with E-state index in [0.29, 0.717) is 4.88 Å². The van der Waals surface area contributed by atoms with Gasteiger partial charge in [-0.3, -0.25) is 4.79 Å². The van der Waals surface area contributed by atoms with Crippen molar-refractivity contribution in [3.63, 3.8) is 0 Å². The van der Waals surface area contributed by atoms with Crippen molar-refractivity contribution in [2.24, 2.45) is 0 Å². The maximum atomic E-state index is 12.5. The SMILES string of the molecule is CCCc1ncc(C(=O)Nc2ccccc2N2CCC(O)CC2)s1. The Labute approximate surface area is 146 Å². The molecule has 6 heteroatoms. The Bertz CT molecular complexity index is 693. The van der Waals surface area contributed by atoms with Crippen LogP contribution in [0.15, 0.2) is 30.5 Å². The highest BCUT2D eigenvalue weighted by molar-refractivity contribution is 7.13. The maximum absolute atomic E-state index is 12.5. The van der Waals surface area contributed by atoms with Crippen LogP contribution in [-0.4, -0.2) is 35.2 Å². The number of nitrogens with one attached hydrogen (secondary N) is 1. The predicted octanol–water partition coefficient (Wildman–Crippen LogP) is 3.31. The van der Waals surface area contributed by atoms with Gasteiger partial charge in [0, 0.05) is 13.1 Å². The lowest BCUT2D eigenvalue weighted by atomic mass is 10.1. The van der Waals surface area contributed by atoms with E-state index in [1.165, 1.54) is 11.3 Å². The fourth-order valence-electron chi connectivity index (χ4n) is 2.89. The Morgan fingerprint density at radius 3 is 2.88 bits per heavy atom. The number of amides is 1. The highest BCUT2D eigenvalue weighted by atomic mass is 32.1. The standard InChI is InChI=1S/C18H23N3O2S/c1-2-5-17-19-12-16(24-17)18(23)20-14-6-3-4-7-15(14)21-10-8-13(22)9-11-21/h3-4,6-7,12-13,22H,2,5,8-11H2,1H3,(H,20,23). The lowest BCUT2D eigenvalue weighted by Gasteiger charge is -2.32. The minimum atomic E-state index is -0.211. The number of para-hydroxylation sites is 2. The molecule has 0 saturated carbocycles. The van der Waals surface area contributed by atoms with Crippen molar-refractivity contribution in [3.05, 3.63) is 40.3 Å². The number of aliphatic hydroxyl groups excluding tert-OH is 1. The van der Waals surface area contributed by atoms with Gasteiger partial charge in [-0.05, 0) is 37.8 Å². The van der Waals surface area contributed by atoms with Gasteiger partial charge in [0.1, 0.15) is 4.88 Å². The second-order valence-electron chi connectivity index (χ2n) is 6.06. The number of benzene rings is 1. The van der Waals surface area contributed by atoms with E-state index in [0.717, 1.165) is 55.2 Å². The quantitative estimate of drug-likeness (QED) is 0.872. The van der Waals surface area contributed by atoms with Gasteiger partial charge in [0.2, 0.25) is 0 Å². The zero-order chi connectivity index (χ0) is 16.9. The first kappa shape index (κ1) is 16.9. The number of piperidine rings is 1. The molecule has 5 nitrogen and oxygen atoms in total. The largest absolute Gasteiger partial charge is 0.393 e. The molecular weight excluding hydrogens is 322 g/mol. The predicted molar refractivity (Wildman–Crippen MR) is 98.0 cm³/mol. The van der Waals surface area contributed by atoms with Gasteiger partial charge in [0.05, 0.1) is 28.7 Å². The first-order valence-electron chi connectivity index (χ1n) is 8.45. The van der Waals surface area contributed by atoms with Crippen LogP contribution >= 0.6 is 11.3 Å². The minimum absolute atomic E-state index is 0.112. The molecule has 0 bridgehead atoms. The normalized spacial score (nSPS) is 15.5. The van der Waals surface area contributed by atoms with Crippen LogP contribution < -0.4 is 10.2 Å². The third-order valence-corrected chi connectivity index (χ3v) is 5.25. The molecule has 24 heavy (non-hydrogen) atoms. The van der Waals surface area contributed by atoms with Crippen LogP contribution in [-0.2, 0) is 6.42 Å². The van der Waals surface area contributed by atoms with Crippen LogP contribution in [0.25, 0.3) is 0 Å². The molecule has 1 aliphatic rings. The fraction of sp³-hybridized carbons (Fsp3) is 0.444. The molecule has 1 aromatic heterocycles. The van der Waals surface area contributed by atoms with Gasteiger partial charge in [0.25, 0.3) is 5.91 Å². The van der Waals surface area contributed by atoms with E-state index in [-0.39, 0.29) is 12.0 Å². The van der Waals surface area contributed by atoms with Gasteiger partial charge in [-0.2, -0.15) is 0 Å². The summed E-state index contributed by atoms with van der Waals surface area (Å²) in [5.74, 6) is -0.112. The van der Waals surface area contributed by atoms with E-state index in [4.69, 9.17) is 0 Å². The van der Waals surface area contributed by atoms with Gasteiger partial charge < -0.3 is 15.3 Å². The molecule has 0 unspecified atom stereocenters. The minimum Gasteiger partial charge on any atom is -0.393 e. The second-order valence-corrected chi connectivity index (χ2v) is 7.17. The van der Waals surface area contributed by atoms with Crippen molar-refractivity contribution in [1.29, 1.82) is 0 Å². The fourth-order valence-corrected chi connectivity index (χ4v) is 3.81. The van der Waals surface area contributed by atoms with Gasteiger partial charge in [0.15, 0.2) is 0 Å². The zero-order valence-corrected chi connectivity index (χ0v) is 14.7. The Balaban J connectivity index is 1.73. The van der Waals surface area contributed by atoms with Crippen LogP contribution in [0.4, 0.5) is 11.4 Å². The molecule has 1 fully saturated rings. The van der Waals surface area contributed by atoms with Crippen molar-refractivity contribution in [3.8, 4) is 0 Å². The topological polar surface area (TPSA) is 65.5 Å². The van der Waals surface area contributed by atoms with E-state index in [1.807, 2.05) is 24.3 Å². The molecule has 0 radical (unpaired) electrons. The molecule has 2 N–H and O–H groups in total. The zero-order valence-electron chi connectivity index (χ0n) is 13.9. The van der Waals surface area contributed by atoms with Crippen LogP contribution in [0, 0.1) is 0 Å². The molecule has 2 aromatic rings. The molecule has 0 spiro atoms. The third-order valence-electron chi connectivity index (χ3n) is 4.20. The van der Waals surface area contributed by atoms with Crippen LogP contribution in [0.5, 0.6) is 0 Å². The van der Waals surface area contributed by atoms with E-state index in [9.17, 15) is 9.90 Å². The summed E-state index contributed by atoms with van der Waals surface area (Å²) in [6.07, 6.45) is 4.90. The molecule has 1 amide bonds. The van der Waals surface area contributed by atoms with Crippen molar-refractivity contribution < 1.29 is 9.90 Å². The number of nitrogens with zero attached hydrogens (tertiary/aromatic N) is 2. The molecule has 1 aromatic carbocycles. The number of thiazole rings is 1. The summed E-state index contributed by atoms with van der Waals surface area (Å²) < 4.78 is 0. The Morgan fingerprint density at radius 2 is 2.12 bits per heavy atom. The van der Waals surface area contributed by atoms with Gasteiger partial charge in [-0.15, -0.1) is 11.3 Å². The van der Waals surface area contributed by atoms with Crippen molar-refractivity contribution in [1.82, 2.24) is 4.98 Å². The number of aliphatic hydroxyl groups is 1. The van der Waals surface area contributed by atoms with Crippen LogP contribution in [0.2, 0.25) is 0 Å². The second kappa shape index (κ2) is 7.77. The van der Waals surface area contributed by atoms with E-state index in [1.54, 1.807) is 6.20 Å². The first-order chi connectivity index (χ1) is 11.7. The number of carbonyl (C=O) groups excluding carboxylic acids is 1. The monoisotopic (exact) mass is 345 g/mol. The third kappa shape index (κ3) is 3.94. The van der Waals surface area contributed by atoms with Gasteiger partial charge in [-0.25, -0.2) is 4.98 Å². The van der Waals surface area contributed by atoms with Crippen LogP contribution in [0.1, 0.15) is 40.9 Å². The lowest BCUT2D eigenvalue weighted by Crippen LogP contribution is -2.36. The highest BCUT2D eigenvalue weighted by Gasteiger charge is 2.20. The van der Waals surface area contributed by atoms with Crippen molar-refractivity contribution >= 4 is 28.6 Å². The summed E-state index contributed by atoms with van der Waals surface area (Å²) in [4.78, 5) is 19.7. The number of carbonyl (C=O) groups is 1. The Kier molecular flexibility index (Phi) is 5.48. The molecule has 128 valence electrons.